The van der Waals surface area contributed by atoms with Crippen LogP contribution in [0.5, 0.6) is 0 Å². The lowest BCUT2D eigenvalue weighted by Gasteiger charge is -2.06. The van der Waals surface area contributed by atoms with Gasteiger partial charge in [-0.25, -0.2) is 9.18 Å². The molecule has 0 radical (unpaired) electrons. The first-order valence-electron chi connectivity index (χ1n) is 5.09. The lowest BCUT2D eigenvalue weighted by atomic mass is 10.1. The van der Waals surface area contributed by atoms with Gasteiger partial charge in [0.15, 0.2) is 0 Å². The molecule has 0 bridgehead atoms. The Morgan fingerprint density at radius 3 is 2.75 bits per heavy atom. The van der Waals surface area contributed by atoms with E-state index in [1.165, 1.54) is 12.1 Å². The van der Waals surface area contributed by atoms with E-state index in [4.69, 9.17) is 5.11 Å². The van der Waals surface area contributed by atoms with E-state index >= 15 is 0 Å². The summed E-state index contributed by atoms with van der Waals surface area (Å²) in [7, 11) is 0. The van der Waals surface area contributed by atoms with Crippen LogP contribution >= 0.6 is 0 Å². The maximum Gasteiger partial charge on any atom is 0.314 e. The second-order valence-electron chi connectivity index (χ2n) is 3.29. The van der Waals surface area contributed by atoms with Crippen molar-refractivity contribution in [1.82, 2.24) is 10.6 Å². The van der Waals surface area contributed by atoms with Crippen LogP contribution < -0.4 is 10.6 Å². The summed E-state index contributed by atoms with van der Waals surface area (Å²) in [5.74, 6) is -0.276. The summed E-state index contributed by atoms with van der Waals surface area (Å²) >= 11 is 0. The number of nitrogens with one attached hydrogen (secondary N) is 2. The summed E-state index contributed by atoms with van der Waals surface area (Å²) < 4.78 is 12.8. The highest BCUT2D eigenvalue weighted by atomic mass is 19.1. The van der Waals surface area contributed by atoms with Crippen molar-refractivity contribution in [3.05, 3.63) is 35.6 Å². The molecule has 1 rings (SSSR count). The quantitative estimate of drug-likeness (QED) is 0.690. The van der Waals surface area contributed by atoms with Crippen LogP contribution in [0.4, 0.5) is 9.18 Å². The van der Waals surface area contributed by atoms with Gasteiger partial charge in [0.2, 0.25) is 0 Å². The number of carbonyl (C=O) groups excluding carboxylic acids is 1. The second kappa shape index (κ2) is 6.79. The largest absolute Gasteiger partial charge is 0.395 e. The fourth-order valence-corrected chi connectivity index (χ4v) is 1.24. The van der Waals surface area contributed by atoms with Crippen LogP contribution in [0, 0.1) is 5.82 Å². The fourth-order valence-electron chi connectivity index (χ4n) is 1.24. The number of hydrogen-bond acceptors (Lipinski definition) is 2. The van der Waals surface area contributed by atoms with Gasteiger partial charge in [-0.1, -0.05) is 12.1 Å². The zero-order valence-corrected chi connectivity index (χ0v) is 8.87. The highest BCUT2D eigenvalue weighted by molar-refractivity contribution is 5.73. The monoisotopic (exact) mass is 226 g/mol. The normalized spacial score (nSPS) is 9.88. The molecule has 0 saturated heterocycles. The maximum absolute atomic E-state index is 12.8. The Labute approximate surface area is 93.5 Å². The van der Waals surface area contributed by atoms with Crippen molar-refractivity contribution < 1.29 is 14.3 Å². The van der Waals surface area contributed by atoms with Gasteiger partial charge in [-0.3, -0.25) is 0 Å². The van der Waals surface area contributed by atoms with Gasteiger partial charge < -0.3 is 15.7 Å². The molecule has 0 fully saturated rings. The molecule has 4 nitrogen and oxygen atoms in total. The van der Waals surface area contributed by atoms with Gasteiger partial charge in [-0.05, 0) is 24.1 Å². The number of halogens is 1. The highest BCUT2D eigenvalue weighted by Crippen LogP contribution is 2.03. The Kier molecular flexibility index (Phi) is 5.28. The summed E-state index contributed by atoms with van der Waals surface area (Å²) in [5.41, 5.74) is 0.836. The van der Waals surface area contributed by atoms with Crippen molar-refractivity contribution >= 4 is 6.03 Å². The zero-order valence-electron chi connectivity index (χ0n) is 8.87. The maximum atomic E-state index is 12.8. The van der Waals surface area contributed by atoms with Gasteiger partial charge in [0.1, 0.15) is 5.82 Å². The average molecular weight is 226 g/mol. The van der Waals surface area contributed by atoms with Crippen molar-refractivity contribution in [3.8, 4) is 0 Å². The minimum Gasteiger partial charge on any atom is -0.395 e. The van der Waals surface area contributed by atoms with Crippen LogP contribution in [0.25, 0.3) is 0 Å². The van der Waals surface area contributed by atoms with E-state index in [9.17, 15) is 9.18 Å². The zero-order chi connectivity index (χ0) is 11.8. The SMILES string of the molecule is O=C(NCCO)NCCc1cccc(F)c1. The third-order valence-electron chi connectivity index (χ3n) is 1.99. The molecular weight excluding hydrogens is 211 g/mol. The third kappa shape index (κ3) is 4.75. The summed E-state index contributed by atoms with van der Waals surface area (Å²) in [4.78, 5) is 11.1. The molecule has 0 spiro atoms. The Hall–Kier alpha value is -1.62. The van der Waals surface area contributed by atoms with E-state index in [0.717, 1.165) is 5.56 Å². The summed E-state index contributed by atoms with van der Waals surface area (Å²) in [5, 5.41) is 13.5. The molecule has 1 aromatic rings. The molecule has 3 N–H and O–H groups in total. The Bertz CT molecular complexity index is 345. The first-order valence-corrected chi connectivity index (χ1v) is 5.09. The molecule has 16 heavy (non-hydrogen) atoms. The van der Waals surface area contributed by atoms with Gasteiger partial charge in [-0.2, -0.15) is 0 Å². The number of amides is 2. The minimum absolute atomic E-state index is 0.0860. The smallest absolute Gasteiger partial charge is 0.314 e. The van der Waals surface area contributed by atoms with Gasteiger partial charge in [0.25, 0.3) is 0 Å². The molecule has 0 atom stereocenters. The molecule has 5 heteroatoms. The lowest BCUT2D eigenvalue weighted by Crippen LogP contribution is -2.37. The number of benzene rings is 1. The third-order valence-corrected chi connectivity index (χ3v) is 1.99. The molecular formula is C11H15FN2O2. The van der Waals surface area contributed by atoms with Gasteiger partial charge in [0.05, 0.1) is 6.61 Å². The van der Waals surface area contributed by atoms with Gasteiger partial charge >= 0.3 is 6.03 Å². The van der Waals surface area contributed by atoms with E-state index in [2.05, 4.69) is 10.6 Å². The second-order valence-corrected chi connectivity index (χ2v) is 3.29. The molecule has 0 unspecified atom stereocenters. The number of aliphatic hydroxyl groups excluding tert-OH is 1. The van der Waals surface area contributed by atoms with Crippen molar-refractivity contribution in [2.75, 3.05) is 19.7 Å². The minimum atomic E-state index is -0.328. The molecule has 0 aliphatic heterocycles. The van der Waals surface area contributed by atoms with E-state index < -0.39 is 0 Å². The van der Waals surface area contributed by atoms with E-state index in [0.29, 0.717) is 13.0 Å². The molecule has 0 aliphatic carbocycles. The number of urea groups is 1. The summed E-state index contributed by atoms with van der Waals surface area (Å²) in [6.07, 6.45) is 0.574. The van der Waals surface area contributed by atoms with Crippen molar-refractivity contribution in [3.63, 3.8) is 0 Å². The van der Waals surface area contributed by atoms with Crippen LogP contribution in [-0.4, -0.2) is 30.8 Å². The van der Waals surface area contributed by atoms with Gasteiger partial charge in [0, 0.05) is 13.1 Å². The van der Waals surface area contributed by atoms with Crippen LogP contribution in [0.3, 0.4) is 0 Å². The molecule has 0 aliphatic rings. The average Bonchev–Trinajstić information content (AvgIpc) is 2.26. The van der Waals surface area contributed by atoms with Crippen molar-refractivity contribution in [2.24, 2.45) is 0 Å². The Morgan fingerprint density at radius 1 is 1.31 bits per heavy atom. The fraction of sp³-hybridized carbons (Fsp3) is 0.364. The molecule has 88 valence electrons. The van der Waals surface area contributed by atoms with E-state index in [1.807, 2.05) is 0 Å². The number of carbonyl (C=O) groups is 1. The number of hydrogen-bond donors (Lipinski definition) is 3. The Morgan fingerprint density at radius 2 is 2.06 bits per heavy atom. The molecule has 0 aromatic heterocycles. The molecule has 1 aromatic carbocycles. The van der Waals surface area contributed by atoms with Gasteiger partial charge in [-0.15, -0.1) is 0 Å². The molecule has 0 saturated carbocycles. The predicted molar refractivity (Wildman–Crippen MR) is 58.6 cm³/mol. The standard InChI is InChI=1S/C11H15FN2O2/c12-10-3-1-2-9(8-10)4-5-13-11(16)14-6-7-15/h1-3,8,15H,4-7H2,(H2,13,14,16). The summed E-state index contributed by atoms with van der Waals surface area (Å²) in [6, 6.07) is 5.93. The number of aliphatic hydroxyl groups is 1. The van der Waals surface area contributed by atoms with Crippen molar-refractivity contribution in [2.45, 2.75) is 6.42 Å². The van der Waals surface area contributed by atoms with Crippen molar-refractivity contribution in [1.29, 1.82) is 0 Å². The van der Waals surface area contributed by atoms with Crippen LogP contribution in [0.2, 0.25) is 0 Å². The van der Waals surface area contributed by atoms with Crippen LogP contribution in [-0.2, 0) is 6.42 Å². The highest BCUT2D eigenvalue weighted by Gasteiger charge is 1.99. The van der Waals surface area contributed by atoms with E-state index in [-0.39, 0.29) is 25.0 Å². The first kappa shape index (κ1) is 12.4. The summed E-state index contributed by atoms with van der Waals surface area (Å²) in [6.45, 7) is 0.573. The van der Waals surface area contributed by atoms with E-state index in [1.54, 1.807) is 12.1 Å². The molecule has 2 amide bonds. The number of rotatable bonds is 5. The first-order chi connectivity index (χ1) is 7.72. The predicted octanol–water partition coefficient (Wildman–Crippen LogP) is 0.660. The van der Waals surface area contributed by atoms with Crippen LogP contribution in [0.1, 0.15) is 5.56 Å². The van der Waals surface area contributed by atoms with Crippen LogP contribution in [0.15, 0.2) is 24.3 Å². The Balaban J connectivity index is 2.22. The lowest BCUT2D eigenvalue weighted by molar-refractivity contribution is 0.234. The molecule has 0 heterocycles. The topological polar surface area (TPSA) is 61.4 Å².